The van der Waals surface area contributed by atoms with E-state index >= 15 is 0 Å². The van der Waals surface area contributed by atoms with E-state index in [9.17, 15) is 8.42 Å². The van der Waals surface area contributed by atoms with Gasteiger partial charge < -0.3 is 10.5 Å². The van der Waals surface area contributed by atoms with Crippen LogP contribution in [0.4, 0.5) is 5.69 Å². The molecule has 2 rings (SSSR count). The summed E-state index contributed by atoms with van der Waals surface area (Å²) < 4.78 is 32.2. The molecule has 1 aliphatic rings. The van der Waals surface area contributed by atoms with Gasteiger partial charge in [0.1, 0.15) is 4.90 Å². The molecular formula is C12H17ClN2O3S. The molecule has 1 heterocycles. The third kappa shape index (κ3) is 3.60. The summed E-state index contributed by atoms with van der Waals surface area (Å²) in [6.07, 6.45) is 1.72. The summed E-state index contributed by atoms with van der Waals surface area (Å²) >= 11 is 5.92. The zero-order valence-corrected chi connectivity index (χ0v) is 12.0. The lowest BCUT2D eigenvalue weighted by Crippen LogP contribution is -2.32. The van der Waals surface area contributed by atoms with Crippen LogP contribution in [0.25, 0.3) is 0 Å². The fourth-order valence-corrected chi connectivity index (χ4v) is 3.85. The number of hydrogen-bond acceptors (Lipinski definition) is 4. The number of rotatable bonds is 4. The van der Waals surface area contributed by atoms with E-state index in [1.54, 1.807) is 6.07 Å². The molecule has 1 saturated heterocycles. The van der Waals surface area contributed by atoms with Crippen molar-refractivity contribution in [2.24, 2.45) is 5.92 Å². The van der Waals surface area contributed by atoms with Gasteiger partial charge in [0.2, 0.25) is 10.0 Å². The fraction of sp³-hybridized carbons (Fsp3) is 0.500. The van der Waals surface area contributed by atoms with Gasteiger partial charge in [-0.05, 0) is 30.9 Å². The third-order valence-electron chi connectivity index (χ3n) is 3.17. The van der Waals surface area contributed by atoms with Crippen molar-refractivity contribution < 1.29 is 13.2 Å². The normalized spacial score (nSPS) is 17.5. The number of ether oxygens (including phenoxy) is 1. The highest BCUT2D eigenvalue weighted by Crippen LogP contribution is 2.27. The maximum absolute atomic E-state index is 12.2. The molecule has 1 aliphatic heterocycles. The van der Waals surface area contributed by atoms with Crippen molar-refractivity contribution in [1.82, 2.24) is 4.72 Å². The molecule has 0 aromatic heterocycles. The Labute approximate surface area is 118 Å². The maximum atomic E-state index is 12.2. The molecule has 0 atom stereocenters. The van der Waals surface area contributed by atoms with Gasteiger partial charge in [-0.2, -0.15) is 0 Å². The first-order valence-corrected chi connectivity index (χ1v) is 7.98. The minimum absolute atomic E-state index is 0.0382. The van der Waals surface area contributed by atoms with Crippen LogP contribution in [0.1, 0.15) is 12.8 Å². The molecule has 1 fully saturated rings. The maximum Gasteiger partial charge on any atom is 0.244 e. The molecule has 0 saturated carbocycles. The molecule has 19 heavy (non-hydrogen) atoms. The molecule has 7 heteroatoms. The third-order valence-corrected chi connectivity index (χ3v) is 5.14. The van der Waals surface area contributed by atoms with Crippen LogP contribution < -0.4 is 10.5 Å². The van der Waals surface area contributed by atoms with Gasteiger partial charge in [0.25, 0.3) is 0 Å². The van der Waals surface area contributed by atoms with E-state index in [4.69, 9.17) is 22.1 Å². The number of halogens is 1. The highest BCUT2D eigenvalue weighted by molar-refractivity contribution is 7.89. The number of nitrogens with two attached hydrogens (primary N) is 1. The smallest absolute Gasteiger partial charge is 0.244 e. The first-order valence-electron chi connectivity index (χ1n) is 6.12. The molecule has 0 bridgehead atoms. The number of sulfonamides is 1. The predicted octanol–water partition coefficient (Wildman–Crippen LogP) is 1.63. The Balaban J connectivity index is 2.09. The monoisotopic (exact) mass is 304 g/mol. The van der Waals surface area contributed by atoms with Crippen molar-refractivity contribution in [2.75, 3.05) is 25.5 Å². The lowest BCUT2D eigenvalue weighted by molar-refractivity contribution is 0.0678. The number of nitrogens with one attached hydrogen (secondary N) is 1. The Morgan fingerprint density at radius 3 is 2.68 bits per heavy atom. The van der Waals surface area contributed by atoms with E-state index in [0.717, 1.165) is 12.8 Å². The van der Waals surface area contributed by atoms with Gasteiger partial charge in [0.15, 0.2) is 0 Å². The lowest BCUT2D eigenvalue weighted by atomic mass is 10.0. The highest BCUT2D eigenvalue weighted by atomic mass is 35.5. The highest BCUT2D eigenvalue weighted by Gasteiger charge is 2.23. The van der Waals surface area contributed by atoms with E-state index in [2.05, 4.69) is 4.72 Å². The first-order chi connectivity index (χ1) is 9.00. The van der Waals surface area contributed by atoms with E-state index in [-0.39, 0.29) is 15.6 Å². The average Bonchev–Trinajstić information content (AvgIpc) is 2.37. The SMILES string of the molecule is Nc1cccc(Cl)c1S(=O)(=O)NCC1CCOCC1. The van der Waals surface area contributed by atoms with Crippen LogP contribution in [-0.2, 0) is 14.8 Å². The van der Waals surface area contributed by atoms with Gasteiger partial charge in [-0.3, -0.25) is 0 Å². The van der Waals surface area contributed by atoms with Gasteiger partial charge in [-0.15, -0.1) is 0 Å². The molecule has 0 unspecified atom stereocenters. The van der Waals surface area contributed by atoms with Crippen molar-refractivity contribution in [1.29, 1.82) is 0 Å². The molecule has 1 aromatic rings. The van der Waals surface area contributed by atoms with Crippen molar-refractivity contribution in [3.8, 4) is 0 Å². The van der Waals surface area contributed by atoms with E-state index < -0.39 is 10.0 Å². The summed E-state index contributed by atoms with van der Waals surface area (Å²) in [6.45, 7) is 1.75. The largest absolute Gasteiger partial charge is 0.398 e. The van der Waals surface area contributed by atoms with Crippen molar-refractivity contribution in [3.05, 3.63) is 23.2 Å². The molecular weight excluding hydrogens is 288 g/mol. The van der Waals surface area contributed by atoms with Gasteiger partial charge in [-0.1, -0.05) is 17.7 Å². The Hall–Kier alpha value is -0.820. The summed E-state index contributed by atoms with van der Waals surface area (Å²) in [7, 11) is -3.67. The molecule has 1 aromatic carbocycles. The zero-order chi connectivity index (χ0) is 13.9. The lowest BCUT2D eigenvalue weighted by Gasteiger charge is -2.22. The number of hydrogen-bond donors (Lipinski definition) is 2. The second-order valence-corrected chi connectivity index (χ2v) is 6.68. The van der Waals surface area contributed by atoms with E-state index in [0.29, 0.717) is 25.7 Å². The van der Waals surface area contributed by atoms with Crippen LogP contribution >= 0.6 is 11.6 Å². The molecule has 0 amide bonds. The van der Waals surface area contributed by atoms with Crippen LogP contribution in [-0.4, -0.2) is 28.2 Å². The first kappa shape index (κ1) is 14.6. The summed E-state index contributed by atoms with van der Waals surface area (Å²) in [5, 5.41) is 0.138. The van der Waals surface area contributed by atoms with Crippen molar-refractivity contribution in [3.63, 3.8) is 0 Å². The standard InChI is InChI=1S/C12H17ClN2O3S/c13-10-2-1-3-11(14)12(10)19(16,17)15-8-9-4-6-18-7-5-9/h1-3,9,15H,4-8,14H2. The van der Waals surface area contributed by atoms with Crippen molar-refractivity contribution in [2.45, 2.75) is 17.7 Å². The van der Waals surface area contributed by atoms with Crippen LogP contribution in [0, 0.1) is 5.92 Å². The Bertz CT molecular complexity index is 522. The quantitative estimate of drug-likeness (QED) is 0.828. The Kier molecular flexibility index (Phi) is 4.67. The number of anilines is 1. The van der Waals surface area contributed by atoms with E-state index in [1.807, 2.05) is 0 Å². The van der Waals surface area contributed by atoms with Crippen LogP contribution in [0.5, 0.6) is 0 Å². The Morgan fingerprint density at radius 2 is 2.05 bits per heavy atom. The van der Waals surface area contributed by atoms with Gasteiger partial charge in [0, 0.05) is 19.8 Å². The fourth-order valence-electron chi connectivity index (χ4n) is 2.06. The van der Waals surface area contributed by atoms with E-state index in [1.165, 1.54) is 12.1 Å². The summed E-state index contributed by atoms with van der Waals surface area (Å²) in [5.41, 5.74) is 5.85. The second kappa shape index (κ2) is 6.09. The summed E-state index contributed by atoms with van der Waals surface area (Å²) in [6, 6.07) is 4.66. The second-order valence-electron chi connectivity index (χ2n) is 4.57. The van der Waals surface area contributed by atoms with Gasteiger partial charge in [0.05, 0.1) is 10.7 Å². The minimum Gasteiger partial charge on any atom is -0.398 e. The molecule has 0 radical (unpaired) electrons. The van der Waals surface area contributed by atoms with Crippen LogP contribution in [0.3, 0.4) is 0 Å². The minimum atomic E-state index is -3.67. The predicted molar refractivity (Wildman–Crippen MR) is 74.6 cm³/mol. The zero-order valence-electron chi connectivity index (χ0n) is 10.4. The topological polar surface area (TPSA) is 81.4 Å². The van der Waals surface area contributed by atoms with Crippen LogP contribution in [0.2, 0.25) is 5.02 Å². The van der Waals surface area contributed by atoms with Crippen LogP contribution in [0.15, 0.2) is 23.1 Å². The summed E-state index contributed by atoms with van der Waals surface area (Å²) in [4.78, 5) is -0.0382. The van der Waals surface area contributed by atoms with Gasteiger partial charge >= 0.3 is 0 Å². The number of nitrogen functional groups attached to an aromatic ring is 1. The number of benzene rings is 1. The molecule has 106 valence electrons. The molecule has 3 N–H and O–H groups in total. The molecule has 0 spiro atoms. The molecule has 0 aliphatic carbocycles. The van der Waals surface area contributed by atoms with Gasteiger partial charge in [-0.25, -0.2) is 13.1 Å². The summed E-state index contributed by atoms with van der Waals surface area (Å²) in [5.74, 6) is 0.298. The average molecular weight is 305 g/mol. The molecule has 5 nitrogen and oxygen atoms in total. The Morgan fingerprint density at radius 1 is 1.37 bits per heavy atom. The van der Waals surface area contributed by atoms with Crippen molar-refractivity contribution >= 4 is 27.3 Å².